The summed E-state index contributed by atoms with van der Waals surface area (Å²) in [5, 5.41) is 5.58. The minimum absolute atomic E-state index is 0.136. The van der Waals surface area contributed by atoms with E-state index in [1.54, 1.807) is 12.1 Å². The molecule has 6 nitrogen and oxygen atoms in total. The molecule has 0 aliphatic rings. The van der Waals surface area contributed by atoms with Gasteiger partial charge in [-0.2, -0.15) is 5.10 Å². The first-order chi connectivity index (χ1) is 12.7. The molecule has 0 spiro atoms. The summed E-state index contributed by atoms with van der Waals surface area (Å²) >= 11 is 0. The van der Waals surface area contributed by atoms with E-state index in [0.717, 1.165) is 16.5 Å². The Hall–Kier alpha value is -3.54. The maximum atomic E-state index is 11.7. The monoisotopic (exact) mass is 347 g/mol. The number of rotatable bonds is 4. The Balaban J connectivity index is 1.83. The number of nitrogens with two attached hydrogens (primary N) is 1. The van der Waals surface area contributed by atoms with Crippen molar-refractivity contribution in [3.05, 3.63) is 72.0 Å². The summed E-state index contributed by atoms with van der Waals surface area (Å²) in [7, 11) is 1.31. The van der Waals surface area contributed by atoms with E-state index in [1.807, 2.05) is 53.2 Å². The zero-order valence-corrected chi connectivity index (χ0v) is 14.2. The van der Waals surface area contributed by atoms with Crippen molar-refractivity contribution in [3.8, 4) is 11.5 Å². The van der Waals surface area contributed by atoms with Gasteiger partial charge in [0.2, 0.25) is 5.76 Å². The summed E-state index contributed by atoms with van der Waals surface area (Å²) < 4.78 is 12.2. The van der Waals surface area contributed by atoms with E-state index in [9.17, 15) is 4.79 Å². The van der Waals surface area contributed by atoms with Gasteiger partial charge in [-0.25, -0.2) is 4.79 Å². The lowest BCUT2D eigenvalue weighted by atomic mass is 10.1. The molecule has 2 aromatic heterocycles. The number of aromatic nitrogens is 2. The van der Waals surface area contributed by atoms with Crippen molar-refractivity contribution in [2.75, 3.05) is 12.8 Å². The number of nitrogen functional groups attached to an aromatic ring is 1. The van der Waals surface area contributed by atoms with Crippen LogP contribution in [-0.2, 0) is 11.3 Å². The van der Waals surface area contributed by atoms with Gasteiger partial charge in [-0.05, 0) is 35.9 Å². The molecule has 0 radical (unpaired) electrons. The Morgan fingerprint density at radius 2 is 1.96 bits per heavy atom. The number of esters is 1. The zero-order chi connectivity index (χ0) is 18.1. The van der Waals surface area contributed by atoms with Crippen LogP contribution >= 0.6 is 0 Å². The van der Waals surface area contributed by atoms with Crippen LogP contribution in [0.3, 0.4) is 0 Å². The number of hydrogen-bond donors (Lipinski definition) is 1. The number of furan rings is 1. The predicted molar refractivity (Wildman–Crippen MR) is 98.7 cm³/mol. The summed E-state index contributed by atoms with van der Waals surface area (Å²) in [6.45, 7) is 0.617. The summed E-state index contributed by atoms with van der Waals surface area (Å²) in [5.41, 5.74) is 9.31. The molecule has 0 fully saturated rings. The van der Waals surface area contributed by atoms with Crippen LogP contribution in [0, 0.1) is 0 Å². The molecule has 6 heteroatoms. The minimum Gasteiger partial charge on any atom is -0.463 e. The van der Waals surface area contributed by atoms with Gasteiger partial charge in [-0.15, -0.1) is 0 Å². The van der Waals surface area contributed by atoms with Crippen molar-refractivity contribution in [3.63, 3.8) is 0 Å². The fourth-order valence-electron chi connectivity index (χ4n) is 2.93. The number of hydrogen-bond acceptors (Lipinski definition) is 5. The molecule has 26 heavy (non-hydrogen) atoms. The Morgan fingerprint density at radius 3 is 2.73 bits per heavy atom. The smallest absolute Gasteiger partial charge is 0.373 e. The molecule has 0 atom stereocenters. The molecule has 2 heterocycles. The highest BCUT2D eigenvalue weighted by Crippen LogP contribution is 2.31. The molecular formula is C20H17N3O3. The van der Waals surface area contributed by atoms with Crippen LogP contribution in [0.25, 0.3) is 22.4 Å². The number of fused-ring (bicyclic) bond motifs is 1. The Labute approximate surface area is 149 Å². The molecule has 2 aromatic carbocycles. The van der Waals surface area contributed by atoms with Gasteiger partial charge in [0.05, 0.1) is 19.2 Å². The second kappa shape index (κ2) is 6.40. The molecule has 0 amide bonds. The first-order valence-electron chi connectivity index (χ1n) is 8.14. The van der Waals surface area contributed by atoms with Gasteiger partial charge >= 0.3 is 5.97 Å². The largest absolute Gasteiger partial charge is 0.463 e. The highest BCUT2D eigenvalue weighted by atomic mass is 16.5. The van der Waals surface area contributed by atoms with E-state index in [-0.39, 0.29) is 5.76 Å². The minimum atomic E-state index is -0.524. The topological polar surface area (TPSA) is 83.3 Å². The molecule has 0 aliphatic heterocycles. The summed E-state index contributed by atoms with van der Waals surface area (Å²) in [5.74, 6) is 0.105. The van der Waals surface area contributed by atoms with Crippen LogP contribution in [-0.4, -0.2) is 22.9 Å². The first-order valence-corrected chi connectivity index (χ1v) is 8.14. The highest BCUT2D eigenvalue weighted by Gasteiger charge is 2.18. The first kappa shape index (κ1) is 16.0. The fraction of sp³-hybridized carbons (Fsp3) is 0.100. The molecule has 0 unspecified atom stereocenters. The molecule has 0 aliphatic carbocycles. The van der Waals surface area contributed by atoms with E-state index in [2.05, 4.69) is 0 Å². The molecule has 2 N–H and O–H groups in total. The molecular weight excluding hydrogens is 330 g/mol. The Morgan fingerprint density at radius 1 is 1.15 bits per heavy atom. The van der Waals surface area contributed by atoms with E-state index in [4.69, 9.17) is 20.0 Å². The lowest BCUT2D eigenvalue weighted by molar-refractivity contribution is 0.0566. The van der Waals surface area contributed by atoms with Crippen molar-refractivity contribution < 1.29 is 13.9 Å². The zero-order valence-electron chi connectivity index (χ0n) is 14.2. The predicted octanol–water partition coefficient (Wildman–Crippen LogP) is 3.71. The van der Waals surface area contributed by atoms with Gasteiger partial charge < -0.3 is 14.9 Å². The quantitative estimate of drug-likeness (QED) is 0.449. The van der Waals surface area contributed by atoms with E-state index in [0.29, 0.717) is 23.7 Å². The average Bonchev–Trinajstić information content (AvgIpc) is 3.27. The third kappa shape index (κ3) is 2.82. The van der Waals surface area contributed by atoms with Crippen LogP contribution < -0.4 is 5.73 Å². The Kier molecular flexibility index (Phi) is 3.93. The summed E-state index contributed by atoms with van der Waals surface area (Å²) in [6, 6.07) is 19.0. The number of anilines is 1. The van der Waals surface area contributed by atoms with E-state index < -0.39 is 5.97 Å². The van der Waals surface area contributed by atoms with E-state index >= 15 is 0 Å². The number of carbonyl (C=O) groups is 1. The second-order valence-electron chi connectivity index (χ2n) is 5.92. The maximum Gasteiger partial charge on any atom is 0.373 e. The third-order valence-corrected chi connectivity index (χ3v) is 4.18. The van der Waals surface area contributed by atoms with Crippen molar-refractivity contribution in [1.82, 2.24) is 9.78 Å². The summed E-state index contributed by atoms with van der Waals surface area (Å²) in [6.07, 6.45) is 0. The average molecular weight is 347 g/mol. The number of benzene rings is 2. The van der Waals surface area contributed by atoms with Crippen molar-refractivity contribution >= 4 is 22.6 Å². The SMILES string of the molecule is COC(=O)c1ccc(-c2nn(Cc3ccccc3)c3ccc(N)cc23)o1. The van der Waals surface area contributed by atoms with Gasteiger partial charge in [-0.3, -0.25) is 4.68 Å². The number of methoxy groups -OCH3 is 1. The third-order valence-electron chi connectivity index (χ3n) is 4.18. The van der Waals surface area contributed by atoms with Crippen molar-refractivity contribution in [2.24, 2.45) is 0 Å². The van der Waals surface area contributed by atoms with Gasteiger partial charge in [-0.1, -0.05) is 30.3 Å². The lowest BCUT2D eigenvalue weighted by Gasteiger charge is -2.03. The van der Waals surface area contributed by atoms with Gasteiger partial charge in [0.25, 0.3) is 0 Å². The van der Waals surface area contributed by atoms with Crippen LogP contribution in [0.5, 0.6) is 0 Å². The molecule has 0 saturated heterocycles. The molecule has 4 rings (SSSR count). The van der Waals surface area contributed by atoms with E-state index in [1.165, 1.54) is 7.11 Å². The second-order valence-corrected chi connectivity index (χ2v) is 5.92. The standard InChI is InChI=1S/C20H17N3O3/c1-25-20(24)18-10-9-17(26-18)19-15-11-14(21)7-8-16(15)23(22-19)12-13-5-3-2-4-6-13/h2-11H,12,21H2,1H3. The summed E-state index contributed by atoms with van der Waals surface area (Å²) in [4.78, 5) is 11.7. The Bertz CT molecular complexity index is 1080. The molecule has 130 valence electrons. The van der Waals surface area contributed by atoms with Gasteiger partial charge in [0, 0.05) is 11.1 Å². The van der Waals surface area contributed by atoms with Crippen LogP contribution in [0.15, 0.2) is 65.1 Å². The number of nitrogens with zero attached hydrogens (tertiary/aromatic N) is 2. The van der Waals surface area contributed by atoms with Crippen LogP contribution in [0.4, 0.5) is 5.69 Å². The normalized spacial score (nSPS) is 11.0. The lowest BCUT2D eigenvalue weighted by Crippen LogP contribution is -2.01. The highest BCUT2D eigenvalue weighted by molar-refractivity contribution is 5.95. The van der Waals surface area contributed by atoms with Gasteiger partial charge in [0.15, 0.2) is 5.76 Å². The molecule has 4 aromatic rings. The molecule has 0 bridgehead atoms. The maximum absolute atomic E-state index is 11.7. The fourth-order valence-corrected chi connectivity index (χ4v) is 2.93. The number of carbonyl (C=O) groups excluding carboxylic acids is 1. The molecule has 0 saturated carbocycles. The van der Waals surface area contributed by atoms with Crippen molar-refractivity contribution in [2.45, 2.75) is 6.54 Å². The van der Waals surface area contributed by atoms with Crippen molar-refractivity contribution in [1.29, 1.82) is 0 Å². The van der Waals surface area contributed by atoms with Crippen LogP contribution in [0.1, 0.15) is 16.1 Å². The van der Waals surface area contributed by atoms with Crippen LogP contribution in [0.2, 0.25) is 0 Å². The number of ether oxygens (including phenoxy) is 1. The van der Waals surface area contributed by atoms with Gasteiger partial charge in [0.1, 0.15) is 5.69 Å².